The zero-order valence-corrected chi connectivity index (χ0v) is 14.2. The van der Waals surface area contributed by atoms with Crippen LogP contribution in [-0.2, 0) is 0 Å². The number of β-amino-alcohol motifs (C(OH)–C–C–N with tert-alkyl or cyclic N) is 1. The van der Waals surface area contributed by atoms with Gasteiger partial charge in [-0.25, -0.2) is 9.37 Å². The van der Waals surface area contributed by atoms with Crippen molar-refractivity contribution in [3.8, 4) is 5.75 Å². The molecule has 2 atom stereocenters. The Hall–Kier alpha value is -2.47. The van der Waals surface area contributed by atoms with Crippen LogP contribution in [0.2, 0.25) is 0 Å². The average Bonchev–Trinajstić information content (AvgIpc) is 2.96. The van der Waals surface area contributed by atoms with Crippen LogP contribution in [0.5, 0.6) is 5.75 Å². The number of rotatable bonds is 4. The van der Waals surface area contributed by atoms with Crippen molar-refractivity contribution in [2.75, 3.05) is 6.54 Å². The van der Waals surface area contributed by atoms with Crippen LogP contribution in [0.25, 0.3) is 0 Å². The molecule has 0 bridgehead atoms. The third kappa shape index (κ3) is 3.96. The Morgan fingerprint density at radius 3 is 2.80 bits per heavy atom. The van der Waals surface area contributed by atoms with Crippen LogP contribution in [0, 0.1) is 5.82 Å². The number of aliphatic hydroxyl groups is 1. The van der Waals surface area contributed by atoms with Gasteiger partial charge < -0.3 is 14.7 Å². The predicted molar refractivity (Wildman–Crippen MR) is 90.8 cm³/mol. The molecule has 2 unspecified atom stereocenters. The Labute approximate surface area is 146 Å². The lowest BCUT2D eigenvalue weighted by molar-refractivity contribution is 0.0709. The molecule has 0 radical (unpaired) electrons. The summed E-state index contributed by atoms with van der Waals surface area (Å²) in [6.45, 7) is 4.02. The topological polar surface area (TPSA) is 62.7 Å². The SMILES string of the molecule is CC(C)Oc1ccc(C(=O)N2CC(O)CC2c2cccc(F)c2)nc1. The van der Waals surface area contributed by atoms with E-state index < -0.39 is 6.10 Å². The van der Waals surface area contributed by atoms with Crippen molar-refractivity contribution in [1.29, 1.82) is 0 Å². The number of pyridine rings is 1. The van der Waals surface area contributed by atoms with Gasteiger partial charge in [-0.3, -0.25) is 4.79 Å². The van der Waals surface area contributed by atoms with Crippen LogP contribution >= 0.6 is 0 Å². The van der Waals surface area contributed by atoms with E-state index >= 15 is 0 Å². The molecule has 0 aliphatic carbocycles. The fourth-order valence-electron chi connectivity index (χ4n) is 3.06. The van der Waals surface area contributed by atoms with E-state index in [9.17, 15) is 14.3 Å². The highest BCUT2D eigenvalue weighted by Crippen LogP contribution is 2.33. The number of amides is 1. The number of carbonyl (C=O) groups is 1. The van der Waals surface area contributed by atoms with Gasteiger partial charge in [0.05, 0.1) is 24.4 Å². The van der Waals surface area contributed by atoms with Gasteiger partial charge in [-0.1, -0.05) is 12.1 Å². The smallest absolute Gasteiger partial charge is 0.273 e. The number of likely N-dealkylation sites (tertiary alicyclic amines) is 1. The molecule has 6 heteroatoms. The molecule has 0 saturated carbocycles. The van der Waals surface area contributed by atoms with Gasteiger partial charge in [0, 0.05) is 6.54 Å². The molecule has 1 saturated heterocycles. The van der Waals surface area contributed by atoms with Crippen molar-refractivity contribution in [3.63, 3.8) is 0 Å². The third-order valence-corrected chi connectivity index (χ3v) is 4.10. The van der Waals surface area contributed by atoms with Gasteiger partial charge in [0.2, 0.25) is 0 Å². The van der Waals surface area contributed by atoms with E-state index in [1.165, 1.54) is 18.3 Å². The van der Waals surface area contributed by atoms with Crippen molar-refractivity contribution in [2.24, 2.45) is 0 Å². The van der Waals surface area contributed by atoms with Crippen LogP contribution in [0.4, 0.5) is 4.39 Å². The van der Waals surface area contributed by atoms with Crippen molar-refractivity contribution in [3.05, 3.63) is 59.7 Å². The number of aliphatic hydroxyl groups excluding tert-OH is 1. The molecule has 1 aromatic heterocycles. The molecular weight excluding hydrogens is 323 g/mol. The van der Waals surface area contributed by atoms with E-state index in [4.69, 9.17) is 4.74 Å². The van der Waals surface area contributed by atoms with Crippen molar-refractivity contribution >= 4 is 5.91 Å². The molecule has 1 N–H and O–H groups in total. The molecule has 1 aliphatic heterocycles. The van der Waals surface area contributed by atoms with E-state index in [0.717, 1.165) is 0 Å². The molecule has 1 aliphatic rings. The van der Waals surface area contributed by atoms with E-state index in [1.807, 2.05) is 13.8 Å². The maximum atomic E-state index is 13.5. The quantitative estimate of drug-likeness (QED) is 0.926. The lowest BCUT2D eigenvalue weighted by atomic mass is 10.0. The fourth-order valence-corrected chi connectivity index (χ4v) is 3.06. The van der Waals surface area contributed by atoms with Gasteiger partial charge in [-0.2, -0.15) is 0 Å². The lowest BCUT2D eigenvalue weighted by Gasteiger charge is -2.24. The van der Waals surface area contributed by atoms with Gasteiger partial charge >= 0.3 is 0 Å². The first-order chi connectivity index (χ1) is 11.9. The largest absolute Gasteiger partial charge is 0.489 e. The van der Waals surface area contributed by atoms with Crippen LogP contribution in [0.3, 0.4) is 0 Å². The van der Waals surface area contributed by atoms with Crippen LogP contribution in [0.1, 0.15) is 42.4 Å². The molecule has 132 valence electrons. The standard InChI is InChI=1S/C19H21FN2O3/c1-12(2)25-16-6-7-17(21-10-16)19(24)22-11-15(23)9-18(22)13-4-3-5-14(20)8-13/h3-8,10,12,15,18,23H,9,11H2,1-2H3. The maximum Gasteiger partial charge on any atom is 0.273 e. The Morgan fingerprint density at radius 1 is 1.36 bits per heavy atom. The fraction of sp³-hybridized carbons (Fsp3) is 0.368. The number of ether oxygens (including phenoxy) is 1. The van der Waals surface area contributed by atoms with E-state index in [1.54, 1.807) is 29.2 Å². The highest BCUT2D eigenvalue weighted by molar-refractivity contribution is 5.93. The van der Waals surface area contributed by atoms with Gasteiger partial charge in [0.25, 0.3) is 5.91 Å². The van der Waals surface area contributed by atoms with E-state index in [2.05, 4.69) is 4.98 Å². The van der Waals surface area contributed by atoms with Gasteiger partial charge in [0.15, 0.2) is 0 Å². The maximum absolute atomic E-state index is 13.5. The van der Waals surface area contributed by atoms with E-state index in [0.29, 0.717) is 17.7 Å². The average molecular weight is 344 g/mol. The Morgan fingerprint density at radius 2 is 2.16 bits per heavy atom. The van der Waals surface area contributed by atoms with Crippen molar-refractivity contribution < 1.29 is 19.0 Å². The van der Waals surface area contributed by atoms with Crippen LogP contribution < -0.4 is 4.74 Å². The summed E-state index contributed by atoms with van der Waals surface area (Å²) in [6.07, 6.45) is 1.27. The second-order valence-corrected chi connectivity index (χ2v) is 6.46. The molecule has 3 rings (SSSR count). The molecule has 1 fully saturated rings. The van der Waals surface area contributed by atoms with Crippen LogP contribution in [0.15, 0.2) is 42.6 Å². The highest BCUT2D eigenvalue weighted by atomic mass is 19.1. The summed E-state index contributed by atoms with van der Waals surface area (Å²) in [4.78, 5) is 18.5. The molecular formula is C19H21FN2O3. The second kappa shape index (κ2) is 7.19. The molecule has 2 aromatic rings. The first kappa shape index (κ1) is 17.4. The van der Waals surface area contributed by atoms with Gasteiger partial charge in [0.1, 0.15) is 17.3 Å². The zero-order chi connectivity index (χ0) is 18.0. The number of nitrogens with zero attached hydrogens (tertiary/aromatic N) is 2. The summed E-state index contributed by atoms with van der Waals surface area (Å²) in [5.74, 6) is -0.0591. The zero-order valence-electron chi connectivity index (χ0n) is 14.2. The van der Waals surface area contributed by atoms with Crippen LogP contribution in [-0.4, -0.2) is 39.7 Å². The van der Waals surface area contributed by atoms with E-state index in [-0.39, 0.29) is 36.1 Å². The monoisotopic (exact) mass is 344 g/mol. The minimum Gasteiger partial charge on any atom is -0.489 e. The normalized spacial score (nSPS) is 20.1. The minimum absolute atomic E-state index is 0.0226. The number of hydrogen-bond acceptors (Lipinski definition) is 4. The molecule has 1 aromatic carbocycles. The predicted octanol–water partition coefficient (Wildman–Crippen LogP) is 2.96. The summed E-state index contributed by atoms with van der Waals surface area (Å²) >= 11 is 0. The summed E-state index contributed by atoms with van der Waals surface area (Å²) < 4.78 is 19.1. The molecule has 5 nitrogen and oxygen atoms in total. The van der Waals surface area contributed by atoms with Crippen molar-refractivity contribution in [1.82, 2.24) is 9.88 Å². The number of aromatic nitrogens is 1. The van der Waals surface area contributed by atoms with Gasteiger partial charge in [-0.05, 0) is 50.1 Å². The number of carbonyl (C=O) groups excluding carboxylic acids is 1. The second-order valence-electron chi connectivity index (χ2n) is 6.46. The highest BCUT2D eigenvalue weighted by Gasteiger charge is 2.36. The molecule has 1 amide bonds. The van der Waals surface area contributed by atoms with Crippen molar-refractivity contribution in [2.45, 2.75) is 38.5 Å². The minimum atomic E-state index is -0.638. The molecule has 2 heterocycles. The molecule has 0 spiro atoms. The number of benzene rings is 1. The number of halogens is 1. The summed E-state index contributed by atoms with van der Waals surface area (Å²) in [7, 11) is 0. The first-order valence-electron chi connectivity index (χ1n) is 8.31. The first-order valence-corrected chi connectivity index (χ1v) is 8.31. The number of hydrogen-bond donors (Lipinski definition) is 1. The summed E-state index contributed by atoms with van der Waals surface area (Å²) in [5, 5.41) is 10.0. The summed E-state index contributed by atoms with van der Waals surface area (Å²) in [5.41, 5.74) is 0.941. The van der Waals surface area contributed by atoms with Gasteiger partial charge in [-0.15, -0.1) is 0 Å². The Kier molecular flexibility index (Phi) is 4.99. The third-order valence-electron chi connectivity index (χ3n) is 4.10. The Bertz CT molecular complexity index is 749. The summed E-state index contributed by atoms with van der Waals surface area (Å²) in [6, 6.07) is 9.06. The lowest BCUT2D eigenvalue weighted by Crippen LogP contribution is -2.32. The molecule has 25 heavy (non-hydrogen) atoms. The Balaban J connectivity index is 1.82.